The third-order valence-corrected chi connectivity index (χ3v) is 6.35. The van der Waals surface area contributed by atoms with E-state index in [0.29, 0.717) is 45.0 Å². The molecule has 1 saturated heterocycles. The number of amides is 1. The highest BCUT2D eigenvalue weighted by atomic mass is 35.5. The van der Waals surface area contributed by atoms with E-state index in [1.807, 2.05) is 11.0 Å². The Labute approximate surface area is 195 Å². The Morgan fingerprint density at radius 3 is 2.62 bits per heavy atom. The number of benzene rings is 2. The van der Waals surface area contributed by atoms with Crippen LogP contribution in [0.1, 0.15) is 41.9 Å². The summed E-state index contributed by atoms with van der Waals surface area (Å²) < 4.78 is 5.99. The van der Waals surface area contributed by atoms with Crippen LogP contribution in [0.2, 0.25) is 10.0 Å². The molecule has 0 saturated carbocycles. The first-order chi connectivity index (χ1) is 15.5. The van der Waals surface area contributed by atoms with E-state index in [2.05, 4.69) is 21.9 Å². The molecule has 6 nitrogen and oxygen atoms in total. The molecule has 2 aromatic heterocycles. The molecule has 1 unspecified atom stereocenters. The number of fused-ring (bicyclic) bond motifs is 1. The number of halogens is 2. The second-order valence-electron chi connectivity index (χ2n) is 8.01. The van der Waals surface area contributed by atoms with Crippen LogP contribution in [0.3, 0.4) is 0 Å². The molecule has 0 N–H and O–H groups in total. The molecular weight excluding hydrogens is 447 g/mol. The maximum Gasteiger partial charge on any atom is 0.254 e. The van der Waals surface area contributed by atoms with Crippen LogP contribution in [-0.4, -0.2) is 38.3 Å². The number of aromatic nitrogens is 3. The Kier molecular flexibility index (Phi) is 5.57. The van der Waals surface area contributed by atoms with Crippen molar-refractivity contribution >= 4 is 40.2 Å². The normalized spacial score (nSPS) is 18.8. The average molecular weight is 467 g/mol. The van der Waals surface area contributed by atoms with Crippen molar-refractivity contribution in [3.8, 4) is 11.4 Å². The minimum atomic E-state index is -0.105. The Bertz CT molecular complexity index is 1290. The van der Waals surface area contributed by atoms with Crippen molar-refractivity contribution in [3.05, 3.63) is 76.4 Å². The molecule has 1 fully saturated rings. The first kappa shape index (κ1) is 20.9. The molecule has 1 aliphatic rings. The molecule has 2 atom stereocenters. The van der Waals surface area contributed by atoms with E-state index >= 15 is 0 Å². The van der Waals surface area contributed by atoms with Gasteiger partial charge < -0.3 is 9.32 Å². The van der Waals surface area contributed by atoms with Gasteiger partial charge in [0.2, 0.25) is 0 Å². The zero-order valence-electron chi connectivity index (χ0n) is 17.3. The predicted octanol–water partition coefficient (Wildman–Crippen LogP) is 6.00. The minimum absolute atomic E-state index is 0.00284. The van der Waals surface area contributed by atoms with Gasteiger partial charge >= 0.3 is 0 Å². The maximum atomic E-state index is 13.7. The van der Waals surface area contributed by atoms with Gasteiger partial charge in [0.15, 0.2) is 17.3 Å². The number of piperidine rings is 1. The molecule has 5 rings (SSSR count). The lowest BCUT2D eigenvalue weighted by molar-refractivity contribution is 0.0598. The predicted molar refractivity (Wildman–Crippen MR) is 124 cm³/mol. The van der Waals surface area contributed by atoms with Crippen molar-refractivity contribution in [1.82, 2.24) is 19.9 Å². The Morgan fingerprint density at radius 1 is 1.06 bits per heavy atom. The van der Waals surface area contributed by atoms with Gasteiger partial charge in [0.05, 0.1) is 11.5 Å². The highest BCUT2D eigenvalue weighted by Gasteiger charge is 2.34. The van der Waals surface area contributed by atoms with Gasteiger partial charge in [-0.1, -0.05) is 23.2 Å². The molecule has 0 spiro atoms. The fourth-order valence-corrected chi connectivity index (χ4v) is 4.50. The van der Waals surface area contributed by atoms with Gasteiger partial charge in [-0.2, -0.15) is 0 Å². The van der Waals surface area contributed by atoms with Gasteiger partial charge in [-0.3, -0.25) is 4.79 Å². The molecule has 0 aliphatic carbocycles. The van der Waals surface area contributed by atoms with E-state index in [0.717, 1.165) is 18.4 Å². The summed E-state index contributed by atoms with van der Waals surface area (Å²) in [5, 5.41) is 1.10. The molecule has 0 bridgehead atoms. The van der Waals surface area contributed by atoms with Gasteiger partial charge in [0.1, 0.15) is 5.52 Å². The van der Waals surface area contributed by atoms with Crippen LogP contribution in [0.5, 0.6) is 0 Å². The second kappa shape index (κ2) is 8.52. The molecule has 4 aromatic rings. The SMILES string of the molecule is C[C@@H]1CCC(c2nc3cc(Cl)ccc3o2)CN1C(=O)c1cc(Cl)ccc1-c1ncccn1. The van der Waals surface area contributed by atoms with Crippen molar-refractivity contribution < 1.29 is 9.21 Å². The zero-order valence-corrected chi connectivity index (χ0v) is 18.8. The van der Waals surface area contributed by atoms with Crippen molar-refractivity contribution in [1.29, 1.82) is 0 Å². The number of rotatable bonds is 3. The summed E-state index contributed by atoms with van der Waals surface area (Å²) in [5.41, 5.74) is 2.56. The number of oxazole rings is 1. The third kappa shape index (κ3) is 3.96. The molecule has 0 radical (unpaired) electrons. The van der Waals surface area contributed by atoms with Gasteiger partial charge in [0, 0.05) is 40.6 Å². The van der Waals surface area contributed by atoms with Gasteiger partial charge in [-0.15, -0.1) is 0 Å². The lowest BCUT2D eigenvalue weighted by atomic mass is 9.92. The monoisotopic (exact) mass is 466 g/mol. The Hall–Kier alpha value is -2.96. The maximum absolute atomic E-state index is 13.7. The average Bonchev–Trinajstić information content (AvgIpc) is 3.22. The first-order valence-electron chi connectivity index (χ1n) is 10.4. The largest absolute Gasteiger partial charge is 0.440 e. The highest BCUT2D eigenvalue weighted by Crippen LogP contribution is 2.34. The Balaban J connectivity index is 1.47. The summed E-state index contributed by atoms with van der Waals surface area (Å²) in [6, 6.07) is 12.4. The summed E-state index contributed by atoms with van der Waals surface area (Å²) in [4.78, 5) is 28.8. The van der Waals surface area contributed by atoms with Crippen LogP contribution in [0.15, 0.2) is 59.3 Å². The molecule has 3 heterocycles. The molecule has 32 heavy (non-hydrogen) atoms. The van der Waals surface area contributed by atoms with Crippen LogP contribution < -0.4 is 0 Å². The van der Waals surface area contributed by atoms with Crippen LogP contribution >= 0.6 is 23.2 Å². The fourth-order valence-electron chi connectivity index (χ4n) is 4.17. The van der Waals surface area contributed by atoms with Gasteiger partial charge in [0.25, 0.3) is 5.91 Å². The van der Waals surface area contributed by atoms with E-state index in [1.165, 1.54) is 0 Å². The summed E-state index contributed by atoms with van der Waals surface area (Å²) >= 11 is 12.3. The summed E-state index contributed by atoms with van der Waals surface area (Å²) in [6.45, 7) is 2.56. The lowest BCUT2D eigenvalue weighted by Gasteiger charge is -2.37. The molecular formula is C24H20Cl2N4O2. The molecule has 2 aromatic carbocycles. The number of hydrogen-bond acceptors (Lipinski definition) is 5. The van der Waals surface area contributed by atoms with E-state index in [4.69, 9.17) is 27.6 Å². The van der Waals surface area contributed by atoms with Gasteiger partial charge in [-0.25, -0.2) is 15.0 Å². The lowest BCUT2D eigenvalue weighted by Crippen LogP contribution is -2.45. The number of carbonyl (C=O) groups is 1. The first-order valence-corrected chi connectivity index (χ1v) is 11.2. The van der Waals surface area contributed by atoms with E-state index in [-0.39, 0.29) is 17.9 Å². The summed E-state index contributed by atoms with van der Waals surface area (Å²) in [7, 11) is 0. The third-order valence-electron chi connectivity index (χ3n) is 5.88. The number of hydrogen-bond donors (Lipinski definition) is 0. The summed E-state index contributed by atoms with van der Waals surface area (Å²) in [6.07, 6.45) is 5.04. The van der Waals surface area contributed by atoms with Crippen LogP contribution in [0.25, 0.3) is 22.5 Å². The van der Waals surface area contributed by atoms with Crippen molar-refractivity contribution in [2.75, 3.05) is 6.54 Å². The smallest absolute Gasteiger partial charge is 0.254 e. The second-order valence-corrected chi connectivity index (χ2v) is 8.88. The van der Waals surface area contributed by atoms with Crippen LogP contribution in [0.4, 0.5) is 0 Å². The number of nitrogens with zero attached hydrogens (tertiary/aromatic N) is 4. The molecule has 1 aliphatic heterocycles. The van der Waals surface area contributed by atoms with Crippen LogP contribution in [0, 0.1) is 0 Å². The Morgan fingerprint density at radius 2 is 1.81 bits per heavy atom. The standard InChI is InChI=1S/C24H20Cl2N4O2/c1-14-3-4-15(23-29-20-12-17(26)6-8-21(20)32-23)13-30(14)24(31)19-11-16(25)5-7-18(19)22-27-9-2-10-28-22/h2,5-12,14-15H,3-4,13H2,1H3/t14-,15?/m1/s1. The minimum Gasteiger partial charge on any atom is -0.440 e. The van der Waals surface area contributed by atoms with Crippen molar-refractivity contribution in [3.63, 3.8) is 0 Å². The molecule has 162 valence electrons. The van der Waals surface area contributed by atoms with E-state index in [1.54, 1.807) is 48.8 Å². The molecule has 1 amide bonds. The topological polar surface area (TPSA) is 72.1 Å². The van der Waals surface area contributed by atoms with Crippen molar-refractivity contribution in [2.45, 2.75) is 31.7 Å². The van der Waals surface area contributed by atoms with E-state index in [9.17, 15) is 4.79 Å². The number of likely N-dealkylation sites (tertiary alicyclic amines) is 1. The summed E-state index contributed by atoms with van der Waals surface area (Å²) in [5.74, 6) is 1.01. The van der Waals surface area contributed by atoms with Crippen molar-refractivity contribution in [2.24, 2.45) is 0 Å². The van der Waals surface area contributed by atoms with Gasteiger partial charge in [-0.05, 0) is 62.2 Å². The van der Waals surface area contributed by atoms with E-state index < -0.39 is 0 Å². The fraction of sp³-hybridized carbons (Fsp3) is 0.250. The molecule has 8 heteroatoms. The van der Waals surface area contributed by atoms with Crippen LogP contribution in [-0.2, 0) is 0 Å². The quantitative estimate of drug-likeness (QED) is 0.370. The zero-order chi connectivity index (χ0) is 22.2. The number of carbonyl (C=O) groups excluding carboxylic acids is 1. The highest BCUT2D eigenvalue weighted by molar-refractivity contribution is 6.31.